The Balaban J connectivity index is 1.02. The molecule has 0 aliphatic rings. The summed E-state index contributed by atoms with van der Waals surface area (Å²) in [5, 5.41) is 12.7. The lowest BCUT2D eigenvalue weighted by molar-refractivity contribution is 1.62. The van der Waals surface area contributed by atoms with Crippen LogP contribution in [0.5, 0.6) is 0 Å². The highest BCUT2D eigenvalue weighted by molar-refractivity contribution is 6.24. The number of hydrogen-bond donors (Lipinski definition) is 0. The summed E-state index contributed by atoms with van der Waals surface area (Å²) in [5.74, 6) is 0. The Morgan fingerprint density at radius 2 is 0.554 bits per heavy atom. The van der Waals surface area contributed by atoms with Gasteiger partial charge in [0.25, 0.3) is 0 Å². The predicted molar refractivity (Wildman–Crippen MR) is 241 cm³/mol. The normalized spacial score (nSPS) is 11.6. The van der Waals surface area contributed by atoms with Gasteiger partial charge < -0.3 is 0 Å². The molecule has 0 unspecified atom stereocenters. The van der Waals surface area contributed by atoms with Crippen LogP contribution in [-0.4, -0.2) is 0 Å². The molecular formula is C56H36. The Hall–Kier alpha value is -7.28. The minimum absolute atomic E-state index is 1.22. The molecule has 0 heteroatoms. The van der Waals surface area contributed by atoms with Crippen LogP contribution in [-0.2, 0) is 0 Å². The highest BCUT2D eigenvalue weighted by atomic mass is 14.2. The zero-order valence-electron chi connectivity index (χ0n) is 30.8. The third-order valence-electron chi connectivity index (χ3n) is 11.7. The van der Waals surface area contributed by atoms with E-state index in [0.717, 1.165) is 0 Å². The lowest BCUT2D eigenvalue weighted by Crippen LogP contribution is -1.90. The van der Waals surface area contributed by atoms with E-state index >= 15 is 0 Å². The van der Waals surface area contributed by atoms with Gasteiger partial charge in [-0.3, -0.25) is 0 Å². The van der Waals surface area contributed by atoms with Crippen molar-refractivity contribution in [3.63, 3.8) is 0 Å². The van der Waals surface area contributed by atoms with Gasteiger partial charge in [0, 0.05) is 0 Å². The van der Waals surface area contributed by atoms with E-state index in [1.807, 2.05) is 0 Å². The molecule has 0 radical (unpaired) electrons. The van der Waals surface area contributed by atoms with E-state index in [0.29, 0.717) is 0 Å². The molecule has 0 amide bonds. The van der Waals surface area contributed by atoms with Crippen molar-refractivity contribution in [3.05, 3.63) is 218 Å². The van der Waals surface area contributed by atoms with Gasteiger partial charge in [-0.05, 0) is 134 Å². The smallest absolute Gasteiger partial charge is 0.00923 e. The van der Waals surface area contributed by atoms with Crippen molar-refractivity contribution in [1.82, 2.24) is 0 Å². The van der Waals surface area contributed by atoms with Gasteiger partial charge >= 0.3 is 0 Å². The van der Waals surface area contributed by atoms with Gasteiger partial charge in [-0.15, -0.1) is 0 Å². The summed E-state index contributed by atoms with van der Waals surface area (Å²) in [7, 11) is 0. The second kappa shape index (κ2) is 13.2. The van der Waals surface area contributed by atoms with Crippen molar-refractivity contribution in [3.8, 4) is 55.6 Å². The fourth-order valence-corrected chi connectivity index (χ4v) is 8.92. The maximum absolute atomic E-state index is 2.43. The van der Waals surface area contributed by atoms with Crippen LogP contribution < -0.4 is 0 Å². The van der Waals surface area contributed by atoms with E-state index in [1.165, 1.54) is 109 Å². The number of rotatable bonds is 5. The molecule has 56 heavy (non-hydrogen) atoms. The molecule has 0 saturated carbocycles. The van der Waals surface area contributed by atoms with E-state index in [9.17, 15) is 0 Å². The highest BCUT2D eigenvalue weighted by Gasteiger charge is 2.16. The van der Waals surface area contributed by atoms with Gasteiger partial charge in [0.2, 0.25) is 0 Å². The molecule has 0 N–H and O–H groups in total. The van der Waals surface area contributed by atoms with Crippen LogP contribution in [0.1, 0.15) is 0 Å². The van der Waals surface area contributed by atoms with Gasteiger partial charge in [0.1, 0.15) is 0 Å². The van der Waals surface area contributed by atoms with Gasteiger partial charge in [0.05, 0.1) is 0 Å². The molecule has 0 bridgehead atoms. The minimum atomic E-state index is 1.22. The molecule has 0 aliphatic heterocycles. The standard InChI is InChI=1S/C56H36/c1-3-13-38(14-4-1)45-23-11-17-42-33-41(29-31-47(42)45)37-25-27-40(28-26-37)53-35-55-52-22-10-8-20-50(52)54(36-56(55)51-21-9-7-19-49(51)53)44-30-32-48-43(34-44)18-12-24-46(48)39-15-5-2-6-16-39/h1-36H. The van der Waals surface area contributed by atoms with Gasteiger partial charge in [-0.2, -0.15) is 0 Å². The first-order valence-corrected chi connectivity index (χ1v) is 19.4. The van der Waals surface area contributed by atoms with Crippen LogP contribution in [0.4, 0.5) is 0 Å². The Morgan fingerprint density at radius 1 is 0.161 bits per heavy atom. The van der Waals surface area contributed by atoms with E-state index < -0.39 is 0 Å². The van der Waals surface area contributed by atoms with Gasteiger partial charge in [0.15, 0.2) is 0 Å². The van der Waals surface area contributed by atoms with Gasteiger partial charge in [-0.25, -0.2) is 0 Å². The summed E-state index contributed by atoms with van der Waals surface area (Å²) in [6.07, 6.45) is 0. The fraction of sp³-hybridized carbons (Fsp3) is 0. The number of benzene rings is 11. The Labute approximate surface area is 326 Å². The van der Waals surface area contributed by atoms with E-state index in [1.54, 1.807) is 0 Å². The third-order valence-corrected chi connectivity index (χ3v) is 11.7. The summed E-state index contributed by atoms with van der Waals surface area (Å²) in [5.41, 5.74) is 12.4. The molecule has 0 spiro atoms. The highest BCUT2D eigenvalue weighted by Crippen LogP contribution is 2.43. The van der Waals surface area contributed by atoms with E-state index in [2.05, 4.69) is 218 Å². The third kappa shape index (κ3) is 5.38. The van der Waals surface area contributed by atoms with Crippen molar-refractivity contribution in [2.75, 3.05) is 0 Å². The topological polar surface area (TPSA) is 0 Å². The van der Waals surface area contributed by atoms with Crippen molar-refractivity contribution in [1.29, 1.82) is 0 Å². The summed E-state index contributed by atoms with van der Waals surface area (Å²) in [6, 6.07) is 80.3. The number of fused-ring (bicyclic) bond motifs is 7. The average molecular weight is 709 g/mol. The molecule has 0 heterocycles. The largest absolute Gasteiger partial charge is 0.0622 e. The summed E-state index contributed by atoms with van der Waals surface area (Å²) in [6.45, 7) is 0. The molecule has 11 aromatic carbocycles. The summed E-state index contributed by atoms with van der Waals surface area (Å²) in [4.78, 5) is 0. The summed E-state index contributed by atoms with van der Waals surface area (Å²) >= 11 is 0. The van der Waals surface area contributed by atoms with Crippen LogP contribution in [0.2, 0.25) is 0 Å². The van der Waals surface area contributed by atoms with Crippen LogP contribution in [0, 0.1) is 0 Å². The van der Waals surface area contributed by atoms with Crippen LogP contribution in [0.3, 0.4) is 0 Å². The molecular weight excluding hydrogens is 673 g/mol. The monoisotopic (exact) mass is 708 g/mol. The molecule has 11 rings (SSSR count). The molecule has 0 aliphatic carbocycles. The second-order valence-corrected chi connectivity index (χ2v) is 14.8. The quantitative estimate of drug-likeness (QED) is 0.156. The average Bonchev–Trinajstić information content (AvgIpc) is 3.28. The lowest BCUT2D eigenvalue weighted by atomic mass is 9.87. The molecule has 260 valence electrons. The Kier molecular flexibility index (Phi) is 7.60. The second-order valence-electron chi connectivity index (χ2n) is 14.8. The van der Waals surface area contributed by atoms with Crippen molar-refractivity contribution in [2.45, 2.75) is 0 Å². The zero-order valence-corrected chi connectivity index (χ0v) is 30.8. The fourth-order valence-electron chi connectivity index (χ4n) is 8.92. The Bertz CT molecular complexity index is 3260. The molecule has 0 aromatic heterocycles. The SMILES string of the molecule is c1ccc(-c2cccc3cc(-c4ccc(-c5cc6c7ccccc7c(-c7ccc8c(-c9ccccc9)cccc8c7)cc6c6ccccc56)cc4)ccc23)cc1. The van der Waals surface area contributed by atoms with Crippen LogP contribution in [0.15, 0.2) is 218 Å². The maximum Gasteiger partial charge on any atom is -0.00923 e. The van der Waals surface area contributed by atoms with Crippen molar-refractivity contribution >= 4 is 53.9 Å². The molecule has 11 aromatic rings. The maximum atomic E-state index is 2.43. The lowest BCUT2D eigenvalue weighted by Gasteiger charge is -2.17. The molecule has 0 atom stereocenters. The zero-order chi connectivity index (χ0) is 37.0. The van der Waals surface area contributed by atoms with Gasteiger partial charge in [-0.1, -0.05) is 194 Å². The van der Waals surface area contributed by atoms with Crippen LogP contribution in [0.25, 0.3) is 109 Å². The summed E-state index contributed by atoms with van der Waals surface area (Å²) < 4.78 is 0. The Morgan fingerprint density at radius 3 is 1.09 bits per heavy atom. The van der Waals surface area contributed by atoms with E-state index in [-0.39, 0.29) is 0 Å². The predicted octanol–water partition coefficient (Wildman–Crippen LogP) is 15.8. The first-order chi connectivity index (χ1) is 27.8. The van der Waals surface area contributed by atoms with Crippen LogP contribution >= 0.6 is 0 Å². The molecule has 0 fully saturated rings. The first kappa shape index (κ1) is 32.2. The minimum Gasteiger partial charge on any atom is -0.0622 e. The molecule has 0 saturated heterocycles. The molecule has 0 nitrogen and oxygen atoms in total. The van der Waals surface area contributed by atoms with E-state index in [4.69, 9.17) is 0 Å². The first-order valence-electron chi connectivity index (χ1n) is 19.4. The number of hydrogen-bond acceptors (Lipinski definition) is 0. The van der Waals surface area contributed by atoms with Crippen molar-refractivity contribution < 1.29 is 0 Å². The van der Waals surface area contributed by atoms with Crippen molar-refractivity contribution in [2.24, 2.45) is 0 Å².